The molecule has 0 amide bonds. The molecular weight excluding hydrogens is 258 g/mol. The van der Waals surface area contributed by atoms with E-state index in [1.165, 1.54) is 18.4 Å². The van der Waals surface area contributed by atoms with E-state index in [1.54, 1.807) is 7.11 Å². The number of rotatable bonds is 10. The Kier molecular flexibility index (Phi) is 8.44. The number of benzene rings is 1. The van der Waals surface area contributed by atoms with Crippen LogP contribution in [0.3, 0.4) is 0 Å². The largest absolute Gasteiger partial charge is 0.497 e. The van der Waals surface area contributed by atoms with Gasteiger partial charge in [0.05, 0.1) is 7.11 Å². The minimum atomic E-state index is 0.715. The highest BCUT2D eigenvalue weighted by molar-refractivity contribution is 5.27. The number of methoxy groups -OCH3 is 1. The third-order valence-corrected chi connectivity index (χ3v) is 4.10. The van der Waals surface area contributed by atoms with E-state index in [9.17, 15) is 0 Å². The molecule has 0 aromatic heterocycles. The summed E-state index contributed by atoms with van der Waals surface area (Å²) in [5, 5.41) is 3.63. The average molecular weight is 291 g/mol. The van der Waals surface area contributed by atoms with Crippen LogP contribution in [0.25, 0.3) is 0 Å². The molecule has 1 aromatic carbocycles. The van der Waals surface area contributed by atoms with Crippen LogP contribution in [0.5, 0.6) is 5.75 Å². The lowest BCUT2D eigenvalue weighted by atomic mass is 9.89. The highest BCUT2D eigenvalue weighted by atomic mass is 16.5. The monoisotopic (exact) mass is 291 g/mol. The number of hydrogen-bond donors (Lipinski definition) is 1. The molecule has 0 spiro atoms. The van der Waals surface area contributed by atoms with Crippen molar-refractivity contribution in [3.8, 4) is 5.75 Å². The Morgan fingerprint density at radius 1 is 1.05 bits per heavy atom. The van der Waals surface area contributed by atoms with Gasteiger partial charge < -0.3 is 10.1 Å². The first-order chi connectivity index (χ1) is 10.0. The Morgan fingerprint density at radius 2 is 1.71 bits per heavy atom. The van der Waals surface area contributed by atoms with Crippen molar-refractivity contribution in [1.82, 2.24) is 5.32 Å². The molecule has 120 valence electrons. The number of ether oxygens (including phenoxy) is 1. The molecule has 1 rings (SSSR count). The second kappa shape index (κ2) is 9.83. The summed E-state index contributed by atoms with van der Waals surface area (Å²) >= 11 is 0. The first-order valence-corrected chi connectivity index (χ1v) is 8.38. The lowest BCUT2D eigenvalue weighted by Crippen LogP contribution is -2.28. The van der Waals surface area contributed by atoms with Crippen molar-refractivity contribution in [2.75, 3.05) is 20.2 Å². The molecule has 2 nitrogen and oxygen atoms in total. The van der Waals surface area contributed by atoms with E-state index in [-0.39, 0.29) is 0 Å². The second-order valence-corrected chi connectivity index (χ2v) is 6.72. The van der Waals surface area contributed by atoms with Gasteiger partial charge in [-0.15, -0.1) is 0 Å². The molecule has 1 aromatic rings. The summed E-state index contributed by atoms with van der Waals surface area (Å²) < 4.78 is 5.24. The highest BCUT2D eigenvalue weighted by Gasteiger charge is 2.13. The Labute approximate surface area is 131 Å². The van der Waals surface area contributed by atoms with Crippen LogP contribution in [0.1, 0.15) is 46.1 Å². The second-order valence-electron chi connectivity index (χ2n) is 6.72. The van der Waals surface area contributed by atoms with Gasteiger partial charge in [0.2, 0.25) is 0 Å². The summed E-state index contributed by atoms with van der Waals surface area (Å²) in [6.07, 6.45) is 3.72. The number of hydrogen-bond acceptors (Lipinski definition) is 2. The van der Waals surface area contributed by atoms with E-state index in [1.807, 2.05) is 0 Å². The maximum atomic E-state index is 5.24. The topological polar surface area (TPSA) is 21.3 Å². The van der Waals surface area contributed by atoms with Crippen LogP contribution in [-0.2, 0) is 6.42 Å². The molecule has 0 bridgehead atoms. The molecule has 2 heteroatoms. The van der Waals surface area contributed by atoms with Crippen molar-refractivity contribution in [1.29, 1.82) is 0 Å². The highest BCUT2D eigenvalue weighted by Crippen LogP contribution is 2.21. The molecule has 0 aliphatic carbocycles. The van der Waals surface area contributed by atoms with Gasteiger partial charge in [-0.3, -0.25) is 0 Å². The molecule has 0 saturated heterocycles. The number of nitrogens with one attached hydrogen (secondary N) is 1. The molecule has 2 atom stereocenters. The Hall–Kier alpha value is -1.02. The zero-order chi connectivity index (χ0) is 15.7. The predicted molar refractivity (Wildman–Crippen MR) is 92.0 cm³/mol. The van der Waals surface area contributed by atoms with Crippen molar-refractivity contribution in [2.24, 2.45) is 17.8 Å². The van der Waals surface area contributed by atoms with Gasteiger partial charge in [-0.25, -0.2) is 0 Å². The maximum Gasteiger partial charge on any atom is 0.118 e. The zero-order valence-corrected chi connectivity index (χ0v) is 14.5. The summed E-state index contributed by atoms with van der Waals surface area (Å²) in [6, 6.07) is 8.53. The average Bonchev–Trinajstić information content (AvgIpc) is 2.47. The van der Waals surface area contributed by atoms with Gasteiger partial charge in [-0.05, 0) is 61.4 Å². The van der Waals surface area contributed by atoms with E-state index in [2.05, 4.69) is 57.3 Å². The van der Waals surface area contributed by atoms with Crippen molar-refractivity contribution >= 4 is 0 Å². The molecule has 1 N–H and O–H groups in total. The first-order valence-electron chi connectivity index (χ1n) is 8.38. The fourth-order valence-electron chi connectivity index (χ4n) is 2.65. The Balaban J connectivity index is 2.56. The lowest BCUT2D eigenvalue weighted by molar-refractivity contribution is 0.356. The zero-order valence-electron chi connectivity index (χ0n) is 14.5. The molecule has 0 fully saturated rings. The van der Waals surface area contributed by atoms with E-state index in [4.69, 9.17) is 4.74 Å². The molecule has 2 unspecified atom stereocenters. The fraction of sp³-hybridized carbons (Fsp3) is 0.684. The minimum absolute atomic E-state index is 0.715. The Morgan fingerprint density at radius 3 is 2.24 bits per heavy atom. The minimum Gasteiger partial charge on any atom is -0.497 e. The Bertz CT molecular complexity index is 372. The fourth-order valence-corrected chi connectivity index (χ4v) is 2.65. The summed E-state index contributed by atoms with van der Waals surface area (Å²) in [6.45, 7) is 11.4. The predicted octanol–water partition coefficient (Wildman–Crippen LogP) is 4.54. The van der Waals surface area contributed by atoms with E-state index in [0.717, 1.165) is 37.1 Å². The van der Waals surface area contributed by atoms with Crippen molar-refractivity contribution in [2.45, 2.75) is 47.0 Å². The summed E-state index contributed by atoms with van der Waals surface area (Å²) in [5.41, 5.74) is 1.41. The molecular formula is C19H33NO. The third-order valence-electron chi connectivity index (χ3n) is 4.10. The molecule has 0 aliphatic rings. The van der Waals surface area contributed by atoms with Gasteiger partial charge in [0.1, 0.15) is 5.75 Å². The lowest BCUT2D eigenvalue weighted by Gasteiger charge is -2.22. The van der Waals surface area contributed by atoms with Gasteiger partial charge >= 0.3 is 0 Å². The van der Waals surface area contributed by atoms with Crippen LogP contribution in [0, 0.1) is 17.8 Å². The first kappa shape index (κ1) is 18.0. The van der Waals surface area contributed by atoms with Crippen LogP contribution in [-0.4, -0.2) is 20.2 Å². The summed E-state index contributed by atoms with van der Waals surface area (Å²) in [5.74, 6) is 3.17. The van der Waals surface area contributed by atoms with Crippen LogP contribution in [0.15, 0.2) is 24.3 Å². The normalized spacial score (nSPS) is 14.2. The van der Waals surface area contributed by atoms with Crippen molar-refractivity contribution < 1.29 is 4.74 Å². The van der Waals surface area contributed by atoms with Gasteiger partial charge in [0.15, 0.2) is 0 Å². The van der Waals surface area contributed by atoms with Crippen LogP contribution in [0.2, 0.25) is 0 Å². The van der Waals surface area contributed by atoms with Crippen LogP contribution < -0.4 is 10.1 Å². The van der Waals surface area contributed by atoms with E-state index < -0.39 is 0 Å². The van der Waals surface area contributed by atoms with Gasteiger partial charge in [0.25, 0.3) is 0 Å². The van der Waals surface area contributed by atoms with Crippen molar-refractivity contribution in [3.05, 3.63) is 29.8 Å². The quantitative estimate of drug-likeness (QED) is 0.683. The smallest absolute Gasteiger partial charge is 0.118 e. The molecule has 0 heterocycles. The van der Waals surface area contributed by atoms with Gasteiger partial charge in [-0.2, -0.15) is 0 Å². The van der Waals surface area contributed by atoms with E-state index >= 15 is 0 Å². The molecule has 0 saturated carbocycles. The third kappa shape index (κ3) is 7.52. The van der Waals surface area contributed by atoms with Gasteiger partial charge in [-0.1, -0.05) is 46.2 Å². The van der Waals surface area contributed by atoms with Crippen LogP contribution in [0.4, 0.5) is 0 Å². The molecule has 0 radical (unpaired) electrons. The summed E-state index contributed by atoms with van der Waals surface area (Å²) in [7, 11) is 1.72. The summed E-state index contributed by atoms with van der Waals surface area (Å²) in [4.78, 5) is 0. The SMILES string of the molecule is CCC(C)CC(CNCC(C)C)Cc1ccc(OC)cc1. The standard InChI is InChI=1S/C19H33NO/c1-6-16(4)11-18(14-20-13-15(2)3)12-17-7-9-19(21-5)10-8-17/h7-10,15-16,18,20H,6,11-14H2,1-5H3. The molecule has 0 aliphatic heterocycles. The molecule has 21 heavy (non-hydrogen) atoms. The maximum absolute atomic E-state index is 5.24. The van der Waals surface area contributed by atoms with Gasteiger partial charge in [0, 0.05) is 0 Å². The van der Waals surface area contributed by atoms with E-state index in [0.29, 0.717) is 5.92 Å². The van der Waals surface area contributed by atoms with Crippen LogP contribution >= 0.6 is 0 Å². The van der Waals surface area contributed by atoms with Crippen molar-refractivity contribution in [3.63, 3.8) is 0 Å².